The van der Waals surface area contributed by atoms with Gasteiger partial charge in [-0.3, -0.25) is 0 Å². The summed E-state index contributed by atoms with van der Waals surface area (Å²) in [6.45, 7) is 0. The van der Waals surface area contributed by atoms with Gasteiger partial charge >= 0.3 is 0 Å². The van der Waals surface area contributed by atoms with Gasteiger partial charge in [-0.1, -0.05) is 140 Å². The Labute approximate surface area is 336 Å². The molecule has 0 N–H and O–H groups in total. The van der Waals surface area contributed by atoms with Gasteiger partial charge in [0.05, 0.1) is 15.6 Å². The van der Waals surface area contributed by atoms with E-state index in [0.717, 1.165) is 86.3 Å². The highest BCUT2D eigenvalue weighted by Gasteiger charge is 2.19. The lowest BCUT2D eigenvalue weighted by Gasteiger charge is -2.11. The largest absolute Gasteiger partial charge is 0.456 e. The molecule has 5 nitrogen and oxygen atoms in total. The molecule has 0 aliphatic carbocycles. The topological polar surface area (TPSA) is 64.7 Å². The fraction of sp³-hybridized carbons (Fsp3) is 0. The molecule has 12 rings (SSSR count). The molecule has 6 heteroatoms. The van der Waals surface area contributed by atoms with Crippen LogP contribution in [0.2, 0.25) is 0 Å². The lowest BCUT2D eigenvalue weighted by atomic mass is 9.99. The number of aromatic nitrogens is 4. The molecular weight excluding hydrogens is 729 g/mol. The molecule has 0 atom stereocenters. The van der Waals surface area contributed by atoms with Crippen LogP contribution in [0.5, 0.6) is 0 Å². The summed E-state index contributed by atoms with van der Waals surface area (Å²) in [5.74, 6) is 1.84. The van der Waals surface area contributed by atoms with Gasteiger partial charge in [-0.2, -0.15) is 0 Å². The van der Waals surface area contributed by atoms with Gasteiger partial charge in [0.2, 0.25) is 0 Å². The Bertz CT molecular complexity index is 3570. The zero-order chi connectivity index (χ0) is 38.2. The van der Waals surface area contributed by atoms with Crippen molar-refractivity contribution < 1.29 is 4.42 Å². The Morgan fingerprint density at radius 1 is 0.345 bits per heavy atom. The van der Waals surface area contributed by atoms with Gasteiger partial charge in [0.15, 0.2) is 17.5 Å². The van der Waals surface area contributed by atoms with Crippen molar-refractivity contribution in [3.63, 3.8) is 0 Å². The van der Waals surface area contributed by atoms with Gasteiger partial charge in [0.25, 0.3) is 0 Å². The van der Waals surface area contributed by atoms with Crippen molar-refractivity contribution in [3.05, 3.63) is 182 Å². The number of fused-ring (bicyclic) bond motifs is 9. The molecule has 58 heavy (non-hydrogen) atoms. The maximum Gasteiger partial charge on any atom is 0.164 e. The second-order valence-electron chi connectivity index (χ2n) is 14.7. The van der Waals surface area contributed by atoms with Gasteiger partial charge < -0.3 is 4.42 Å². The van der Waals surface area contributed by atoms with Crippen molar-refractivity contribution in [3.8, 4) is 55.9 Å². The van der Waals surface area contributed by atoms with Crippen molar-refractivity contribution in [1.29, 1.82) is 0 Å². The minimum Gasteiger partial charge on any atom is -0.456 e. The number of hydrogen-bond acceptors (Lipinski definition) is 6. The van der Waals surface area contributed by atoms with Crippen LogP contribution in [0.4, 0.5) is 0 Å². The van der Waals surface area contributed by atoms with Crippen LogP contribution in [0.3, 0.4) is 0 Å². The molecule has 0 aliphatic heterocycles. The molecule has 0 bridgehead atoms. The normalized spacial score (nSPS) is 11.8. The third kappa shape index (κ3) is 5.45. The van der Waals surface area contributed by atoms with E-state index in [0.29, 0.717) is 17.5 Å². The zero-order valence-corrected chi connectivity index (χ0v) is 31.7. The summed E-state index contributed by atoms with van der Waals surface area (Å²) in [5, 5.41) is 9.79. The standard InChI is InChI=1S/C52H30N4OS/c1-3-9-31(10-4-1)36-17-18-38-29-40(22-19-37(38)27-36)50-54-49(39-20-15-32-11-7-8-14-35(32)28-39)55-51(56-50)41-21-16-33-23-24-43-46(42(33)30-41)47-44(57-43)25-26-45-48(47)53-52(58-45)34-12-5-2-6-13-34/h1-30H. The molecule has 9 aromatic carbocycles. The lowest BCUT2D eigenvalue weighted by molar-refractivity contribution is 0.669. The van der Waals surface area contributed by atoms with E-state index in [1.165, 1.54) is 16.5 Å². The van der Waals surface area contributed by atoms with Crippen LogP contribution in [-0.2, 0) is 0 Å². The minimum atomic E-state index is 0.601. The number of thiazole rings is 1. The van der Waals surface area contributed by atoms with Crippen molar-refractivity contribution in [2.75, 3.05) is 0 Å². The van der Waals surface area contributed by atoms with Crippen molar-refractivity contribution >= 4 is 75.8 Å². The average molecular weight is 759 g/mol. The Balaban J connectivity index is 1.05. The van der Waals surface area contributed by atoms with Crippen molar-refractivity contribution in [1.82, 2.24) is 19.9 Å². The number of benzene rings is 9. The van der Waals surface area contributed by atoms with Gasteiger partial charge in [-0.15, -0.1) is 11.3 Å². The second kappa shape index (κ2) is 13.0. The number of hydrogen-bond donors (Lipinski definition) is 0. The van der Waals surface area contributed by atoms with Crippen LogP contribution >= 0.6 is 11.3 Å². The van der Waals surface area contributed by atoms with E-state index in [-0.39, 0.29) is 0 Å². The Kier molecular flexibility index (Phi) is 7.33. The maximum atomic E-state index is 6.51. The van der Waals surface area contributed by atoms with E-state index in [9.17, 15) is 0 Å². The molecule has 0 saturated carbocycles. The molecule has 270 valence electrons. The molecule has 0 saturated heterocycles. The van der Waals surface area contributed by atoms with E-state index in [2.05, 4.69) is 170 Å². The van der Waals surface area contributed by atoms with Crippen LogP contribution in [0, 0.1) is 0 Å². The van der Waals surface area contributed by atoms with Crippen LogP contribution < -0.4 is 0 Å². The van der Waals surface area contributed by atoms with E-state index >= 15 is 0 Å². The van der Waals surface area contributed by atoms with Gasteiger partial charge in [-0.05, 0) is 85.9 Å². The highest BCUT2D eigenvalue weighted by molar-refractivity contribution is 7.21. The second-order valence-corrected chi connectivity index (χ2v) is 15.7. The molecule has 0 spiro atoms. The summed E-state index contributed by atoms with van der Waals surface area (Å²) in [6.07, 6.45) is 0. The summed E-state index contributed by atoms with van der Waals surface area (Å²) in [4.78, 5) is 20.7. The van der Waals surface area contributed by atoms with Gasteiger partial charge in [-0.25, -0.2) is 19.9 Å². The van der Waals surface area contributed by atoms with Crippen LogP contribution in [0.1, 0.15) is 0 Å². The van der Waals surface area contributed by atoms with Crippen LogP contribution in [0.15, 0.2) is 186 Å². The third-order valence-corrected chi connectivity index (χ3v) is 12.2. The molecule has 0 amide bonds. The summed E-state index contributed by atoms with van der Waals surface area (Å²) < 4.78 is 7.63. The quantitative estimate of drug-likeness (QED) is 0.175. The van der Waals surface area contributed by atoms with Crippen molar-refractivity contribution in [2.24, 2.45) is 0 Å². The summed E-state index contributed by atoms with van der Waals surface area (Å²) in [6, 6.07) is 63.5. The van der Waals surface area contributed by atoms with E-state index in [4.69, 9.17) is 24.4 Å². The average Bonchev–Trinajstić information content (AvgIpc) is 3.91. The Morgan fingerprint density at radius 2 is 0.845 bits per heavy atom. The molecule has 3 aromatic heterocycles. The number of rotatable bonds is 5. The van der Waals surface area contributed by atoms with Crippen molar-refractivity contribution in [2.45, 2.75) is 0 Å². The highest BCUT2D eigenvalue weighted by Crippen LogP contribution is 2.42. The van der Waals surface area contributed by atoms with E-state index in [1.54, 1.807) is 11.3 Å². The molecule has 12 aromatic rings. The third-order valence-electron chi connectivity index (χ3n) is 11.1. The molecule has 3 heterocycles. The fourth-order valence-electron chi connectivity index (χ4n) is 8.19. The Hall–Kier alpha value is -7.54. The van der Waals surface area contributed by atoms with Crippen LogP contribution in [0.25, 0.3) is 120 Å². The fourth-order valence-corrected chi connectivity index (χ4v) is 9.17. The van der Waals surface area contributed by atoms with Gasteiger partial charge in [0, 0.05) is 27.6 Å². The first-order valence-electron chi connectivity index (χ1n) is 19.3. The summed E-state index contributed by atoms with van der Waals surface area (Å²) in [5.41, 5.74) is 8.82. The Morgan fingerprint density at radius 3 is 1.55 bits per heavy atom. The predicted octanol–water partition coefficient (Wildman–Crippen LogP) is 14.2. The number of furan rings is 1. The van der Waals surface area contributed by atoms with Gasteiger partial charge in [0.1, 0.15) is 16.2 Å². The number of nitrogens with zero attached hydrogens (tertiary/aromatic N) is 4. The molecule has 0 unspecified atom stereocenters. The molecular formula is C52H30N4OS. The maximum absolute atomic E-state index is 6.51. The summed E-state index contributed by atoms with van der Waals surface area (Å²) in [7, 11) is 0. The minimum absolute atomic E-state index is 0.601. The first-order valence-corrected chi connectivity index (χ1v) is 20.1. The molecule has 0 fully saturated rings. The smallest absolute Gasteiger partial charge is 0.164 e. The monoisotopic (exact) mass is 758 g/mol. The van der Waals surface area contributed by atoms with Crippen LogP contribution in [-0.4, -0.2) is 19.9 Å². The molecule has 0 aliphatic rings. The lowest BCUT2D eigenvalue weighted by Crippen LogP contribution is -2.00. The zero-order valence-electron chi connectivity index (χ0n) is 30.9. The summed E-state index contributed by atoms with van der Waals surface area (Å²) >= 11 is 1.70. The van der Waals surface area contributed by atoms with E-state index in [1.807, 2.05) is 12.1 Å². The molecule has 0 radical (unpaired) electrons. The highest BCUT2D eigenvalue weighted by atomic mass is 32.1. The van der Waals surface area contributed by atoms with E-state index < -0.39 is 0 Å². The first kappa shape index (κ1) is 32.7. The SMILES string of the molecule is c1ccc(-c2ccc3cc(-c4nc(-c5ccc6ccccc6c5)nc(-c5ccc6ccc7oc8ccc9sc(-c%10ccccc%10)nc9c8c7c6c5)n4)ccc3c2)cc1. The first-order chi connectivity index (χ1) is 28.7. The predicted molar refractivity (Wildman–Crippen MR) is 240 cm³/mol.